The monoisotopic (exact) mass is 513 g/mol. The van der Waals surface area contributed by atoms with Gasteiger partial charge in [-0.05, 0) is 44.7 Å². The van der Waals surface area contributed by atoms with Gasteiger partial charge in [-0.2, -0.15) is 0 Å². The molecule has 2 aromatic heterocycles. The van der Waals surface area contributed by atoms with Gasteiger partial charge in [-0.15, -0.1) is 0 Å². The zero-order chi connectivity index (χ0) is 26.0. The number of nitrogens with zero attached hydrogens (tertiary/aromatic N) is 4. The Hall–Kier alpha value is -3.83. The standard InChI is InChI=1S/C24H25ClFN7O3/c1-12-18(9-19(21(27)34)33(12)2)31-24(35)15-10-28-7-6-17(15)30-23-20(36-3)11-29-22(32-23)14-8-13(25)4-5-16(14)26/h4-8,10-12,18-19H,9H2,1-3H3,(H2,27,34)(H,31,35)(H,28,29,30,32). The van der Waals surface area contributed by atoms with Crippen molar-refractivity contribution in [3.63, 3.8) is 0 Å². The highest BCUT2D eigenvalue weighted by atomic mass is 35.5. The molecule has 1 aliphatic heterocycles. The van der Waals surface area contributed by atoms with E-state index in [1.54, 1.807) is 13.1 Å². The second kappa shape index (κ2) is 10.4. The lowest BCUT2D eigenvalue weighted by atomic mass is 10.1. The second-order valence-electron chi connectivity index (χ2n) is 8.42. The number of carbonyl (C=O) groups excluding carboxylic acids is 2. The number of halogens is 2. The summed E-state index contributed by atoms with van der Waals surface area (Å²) in [6.45, 7) is 1.92. The van der Waals surface area contributed by atoms with Crippen LogP contribution in [0, 0.1) is 5.82 Å². The van der Waals surface area contributed by atoms with Gasteiger partial charge in [0, 0.05) is 29.5 Å². The summed E-state index contributed by atoms with van der Waals surface area (Å²) >= 11 is 6.02. The number of amides is 2. The molecule has 3 heterocycles. The molecule has 1 saturated heterocycles. The van der Waals surface area contributed by atoms with Crippen LogP contribution in [-0.2, 0) is 4.79 Å². The van der Waals surface area contributed by atoms with Crippen molar-refractivity contribution in [1.82, 2.24) is 25.2 Å². The number of aromatic nitrogens is 3. The molecule has 4 rings (SSSR count). The average molecular weight is 514 g/mol. The van der Waals surface area contributed by atoms with E-state index in [-0.39, 0.29) is 40.6 Å². The van der Waals surface area contributed by atoms with Crippen LogP contribution < -0.4 is 21.1 Å². The van der Waals surface area contributed by atoms with Crippen LogP contribution in [-0.4, -0.2) is 63.9 Å². The molecule has 36 heavy (non-hydrogen) atoms. The minimum absolute atomic E-state index is 0.0821. The van der Waals surface area contributed by atoms with Gasteiger partial charge in [-0.3, -0.25) is 19.5 Å². The number of rotatable bonds is 7. The van der Waals surface area contributed by atoms with Gasteiger partial charge in [-0.25, -0.2) is 14.4 Å². The van der Waals surface area contributed by atoms with Crippen molar-refractivity contribution in [2.75, 3.05) is 19.5 Å². The smallest absolute Gasteiger partial charge is 0.255 e. The van der Waals surface area contributed by atoms with Gasteiger partial charge in [0.15, 0.2) is 17.4 Å². The summed E-state index contributed by atoms with van der Waals surface area (Å²) in [5, 5.41) is 6.37. The molecule has 10 nitrogen and oxygen atoms in total. The Bertz CT molecular complexity index is 1310. The maximum atomic E-state index is 14.4. The van der Waals surface area contributed by atoms with E-state index >= 15 is 0 Å². The number of pyridine rings is 1. The summed E-state index contributed by atoms with van der Waals surface area (Å²) in [5.41, 5.74) is 6.24. The van der Waals surface area contributed by atoms with E-state index in [0.717, 1.165) is 0 Å². The summed E-state index contributed by atoms with van der Waals surface area (Å²) in [6.07, 6.45) is 4.72. The first-order valence-corrected chi connectivity index (χ1v) is 11.5. The summed E-state index contributed by atoms with van der Waals surface area (Å²) in [6, 6.07) is 4.83. The number of ether oxygens (including phenoxy) is 1. The number of primary amides is 1. The molecule has 0 aliphatic carbocycles. The van der Waals surface area contributed by atoms with Gasteiger partial charge in [0.05, 0.1) is 36.2 Å². The molecule has 12 heteroatoms. The number of benzene rings is 1. The number of nitrogens with one attached hydrogen (secondary N) is 2. The quantitative estimate of drug-likeness (QED) is 0.439. The van der Waals surface area contributed by atoms with Crippen LogP contribution in [0.1, 0.15) is 23.7 Å². The zero-order valence-electron chi connectivity index (χ0n) is 19.8. The molecule has 1 aliphatic rings. The van der Waals surface area contributed by atoms with Crippen molar-refractivity contribution in [3.8, 4) is 17.1 Å². The highest BCUT2D eigenvalue weighted by Crippen LogP contribution is 2.31. The van der Waals surface area contributed by atoms with E-state index in [0.29, 0.717) is 17.1 Å². The van der Waals surface area contributed by atoms with Crippen molar-refractivity contribution in [2.24, 2.45) is 5.73 Å². The van der Waals surface area contributed by atoms with Crippen LogP contribution in [0.25, 0.3) is 11.4 Å². The normalized spacial score (nSPS) is 19.6. The Kier molecular flexibility index (Phi) is 7.32. The first-order chi connectivity index (χ1) is 17.2. The number of methoxy groups -OCH3 is 1. The van der Waals surface area contributed by atoms with Crippen LogP contribution in [0.5, 0.6) is 5.75 Å². The first kappa shape index (κ1) is 25.3. The molecule has 0 bridgehead atoms. The number of hydrogen-bond donors (Lipinski definition) is 3. The number of likely N-dealkylation sites (N-methyl/N-ethyl adjacent to an activating group) is 1. The highest BCUT2D eigenvalue weighted by Gasteiger charge is 2.40. The molecule has 0 saturated carbocycles. The van der Waals surface area contributed by atoms with E-state index in [1.807, 2.05) is 11.8 Å². The predicted octanol–water partition coefficient (Wildman–Crippen LogP) is 2.76. The van der Waals surface area contributed by atoms with Gasteiger partial charge >= 0.3 is 0 Å². The topological polar surface area (TPSA) is 135 Å². The third-order valence-electron chi connectivity index (χ3n) is 6.30. The number of likely N-dealkylation sites (tertiary alicyclic amines) is 1. The van der Waals surface area contributed by atoms with E-state index in [4.69, 9.17) is 22.1 Å². The van der Waals surface area contributed by atoms with Crippen LogP contribution in [0.3, 0.4) is 0 Å². The molecule has 3 aromatic rings. The molecule has 0 spiro atoms. The van der Waals surface area contributed by atoms with Gasteiger partial charge in [0.2, 0.25) is 5.91 Å². The maximum Gasteiger partial charge on any atom is 0.255 e. The zero-order valence-corrected chi connectivity index (χ0v) is 20.6. The third-order valence-corrected chi connectivity index (χ3v) is 6.54. The Balaban J connectivity index is 1.62. The fraction of sp³-hybridized carbons (Fsp3) is 0.292. The van der Waals surface area contributed by atoms with Crippen LogP contribution in [0.15, 0.2) is 42.9 Å². The van der Waals surface area contributed by atoms with Crippen LogP contribution in [0.2, 0.25) is 5.02 Å². The minimum Gasteiger partial charge on any atom is -0.491 e. The Morgan fingerprint density at radius 2 is 2.06 bits per heavy atom. The van der Waals surface area contributed by atoms with Gasteiger partial charge in [-0.1, -0.05) is 11.6 Å². The van der Waals surface area contributed by atoms with E-state index in [2.05, 4.69) is 25.6 Å². The average Bonchev–Trinajstić information content (AvgIpc) is 3.14. The summed E-state index contributed by atoms with van der Waals surface area (Å²) in [5.74, 6) is -0.796. The van der Waals surface area contributed by atoms with Crippen molar-refractivity contribution in [1.29, 1.82) is 0 Å². The molecule has 1 aromatic carbocycles. The van der Waals surface area contributed by atoms with Gasteiger partial charge in [0.25, 0.3) is 5.91 Å². The molecular weight excluding hydrogens is 489 g/mol. The number of anilines is 2. The molecular formula is C24H25ClFN7O3. The summed E-state index contributed by atoms with van der Waals surface area (Å²) in [4.78, 5) is 39.5. The van der Waals surface area contributed by atoms with E-state index < -0.39 is 23.7 Å². The third kappa shape index (κ3) is 5.07. The minimum atomic E-state index is -0.538. The van der Waals surface area contributed by atoms with Crippen LogP contribution >= 0.6 is 11.6 Å². The highest BCUT2D eigenvalue weighted by molar-refractivity contribution is 6.30. The Labute approximate surface area is 212 Å². The molecule has 3 atom stereocenters. The largest absolute Gasteiger partial charge is 0.491 e. The van der Waals surface area contributed by atoms with E-state index in [9.17, 15) is 14.0 Å². The van der Waals surface area contributed by atoms with Crippen molar-refractivity contribution in [3.05, 3.63) is 59.3 Å². The molecule has 2 amide bonds. The van der Waals surface area contributed by atoms with Crippen molar-refractivity contribution < 1.29 is 18.7 Å². The first-order valence-electron chi connectivity index (χ1n) is 11.1. The fourth-order valence-electron chi connectivity index (χ4n) is 4.13. The SMILES string of the molecule is COc1cnc(-c2cc(Cl)ccc2F)nc1Nc1ccncc1C(=O)NC1CC(C(N)=O)N(C)C1C. The molecule has 3 unspecified atom stereocenters. The number of nitrogens with two attached hydrogens (primary N) is 1. The van der Waals surface area contributed by atoms with Crippen LogP contribution in [0.4, 0.5) is 15.9 Å². The maximum absolute atomic E-state index is 14.4. The van der Waals surface area contributed by atoms with Gasteiger partial charge < -0.3 is 21.1 Å². The van der Waals surface area contributed by atoms with Gasteiger partial charge in [0.1, 0.15) is 5.82 Å². The summed E-state index contributed by atoms with van der Waals surface area (Å²) in [7, 11) is 3.24. The molecule has 188 valence electrons. The second-order valence-corrected chi connectivity index (χ2v) is 8.86. The molecule has 0 radical (unpaired) electrons. The Morgan fingerprint density at radius 1 is 1.28 bits per heavy atom. The lowest BCUT2D eigenvalue weighted by molar-refractivity contribution is -0.122. The number of hydrogen-bond acceptors (Lipinski definition) is 8. The molecule has 4 N–H and O–H groups in total. The van der Waals surface area contributed by atoms with E-state index in [1.165, 1.54) is 43.9 Å². The lowest BCUT2D eigenvalue weighted by Crippen LogP contribution is -2.43. The Morgan fingerprint density at radius 3 is 2.75 bits per heavy atom. The fourth-order valence-corrected chi connectivity index (χ4v) is 4.31. The van der Waals surface area contributed by atoms with Crippen molar-refractivity contribution in [2.45, 2.75) is 31.5 Å². The number of carbonyl (C=O) groups is 2. The lowest BCUT2D eigenvalue weighted by Gasteiger charge is -2.23. The van der Waals surface area contributed by atoms with Crippen molar-refractivity contribution >= 4 is 34.9 Å². The predicted molar refractivity (Wildman–Crippen MR) is 133 cm³/mol. The summed E-state index contributed by atoms with van der Waals surface area (Å²) < 4.78 is 19.8. The molecule has 1 fully saturated rings.